The summed E-state index contributed by atoms with van der Waals surface area (Å²) in [6, 6.07) is 3.37. The van der Waals surface area contributed by atoms with Crippen molar-refractivity contribution in [3.05, 3.63) is 18.0 Å². The van der Waals surface area contributed by atoms with E-state index in [1.54, 1.807) is 0 Å². The molecule has 2 saturated heterocycles. The Morgan fingerprint density at radius 1 is 1.29 bits per heavy atom. The predicted octanol–water partition coefficient (Wildman–Crippen LogP) is 1.37. The molecule has 0 aliphatic carbocycles. The zero-order valence-corrected chi connectivity index (χ0v) is 14.0. The van der Waals surface area contributed by atoms with Crippen LogP contribution in [0.1, 0.15) is 32.0 Å². The maximum atomic E-state index is 4.44. The Kier molecular flexibility index (Phi) is 6.05. The second-order valence-corrected chi connectivity index (χ2v) is 6.32. The number of nitrogens with zero attached hydrogens (tertiary/aromatic N) is 4. The molecule has 0 saturated carbocycles. The van der Waals surface area contributed by atoms with Gasteiger partial charge in [-0.3, -0.25) is 14.5 Å². The first kappa shape index (κ1) is 16.7. The van der Waals surface area contributed by atoms with Crippen LogP contribution >= 0.6 is 12.4 Å². The third kappa shape index (κ3) is 3.97. The molecule has 0 bridgehead atoms. The lowest BCUT2D eigenvalue weighted by Gasteiger charge is -2.32. The van der Waals surface area contributed by atoms with E-state index in [4.69, 9.17) is 0 Å². The van der Waals surface area contributed by atoms with Crippen LogP contribution in [0.4, 0.5) is 0 Å². The summed E-state index contributed by atoms with van der Waals surface area (Å²) < 4.78 is 2.15. The molecule has 1 aromatic rings. The SMILES string of the molecule is CC(C)n1nccc1CN1CCC(N2CCNCC2)C1.Cl. The number of piperazine rings is 1. The summed E-state index contributed by atoms with van der Waals surface area (Å²) in [4.78, 5) is 5.25. The molecule has 0 spiro atoms. The van der Waals surface area contributed by atoms with Gasteiger partial charge in [0.1, 0.15) is 0 Å². The number of hydrogen-bond donors (Lipinski definition) is 1. The number of likely N-dealkylation sites (tertiary alicyclic amines) is 1. The quantitative estimate of drug-likeness (QED) is 0.911. The molecule has 6 heteroatoms. The second-order valence-electron chi connectivity index (χ2n) is 6.32. The van der Waals surface area contributed by atoms with Crippen molar-refractivity contribution < 1.29 is 0 Å². The van der Waals surface area contributed by atoms with Crippen molar-refractivity contribution in [1.29, 1.82) is 0 Å². The van der Waals surface area contributed by atoms with Gasteiger partial charge < -0.3 is 5.32 Å². The molecule has 1 atom stereocenters. The molecule has 0 aromatic carbocycles. The lowest BCUT2D eigenvalue weighted by atomic mass is 10.2. The van der Waals surface area contributed by atoms with Crippen LogP contribution in [0.25, 0.3) is 0 Å². The van der Waals surface area contributed by atoms with Crippen LogP contribution in [0.2, 0.25) is 0 Å². The Bertz CT molecular complexity index is 427. The average Bonchev–Trinajstić information content (AvgIpc) is 3.09. The lowest BCUT2D eigenvalue weighted by molar-refractivity contribution is 0.169. The minimum absolute atomic E-state index is 0. The Morgan fingerprint density at radius 2 is 2.05 bits per heavy atom. The van der Waals surface area contributed by atoms with Gasteiger partial charge in [0, 0.05) is 64.1 Å². The molecule has 1 unspecified atom stereocenters. The third-order valence-corrected chi connectivity index (χ3v) is 4.54. The lowest BCUT2D eigenvalue weighted by Crippen LogP contribution is -2.49. The van der Waals surface area contributed by atoms with Crippen molar-refractivity contribution in [2.45, 2.75) is 38.9 Å². The molecule has 2 aliphatic rings. The molecule has 2 fully saturated rings. The van der Waals surface area contributed by atoms with Crippen molar-refractivity contribution in [3.63, 3.8) is 0 Å². The average molecular weight is 314 g/mol. The molecule has 1 aromatic heterocycles. The van der Waals surface area contributed by atoms with Gasteiger partial charge in [-0.25, -0.2) is 0 Å². The standard InChI is InChI=1S/C15H27N5.ClH/c1-13(2)20-15(3-5-17-20)12-18-8-4-14(11-18)19-9-6-16-7-10-19;/h3,5,13-14,16H,4,6-12H2,1-2H3;1H. The highest BCUT2D eigenvalue weighted by Gasteiger charge is 2.28. The van der Waals surface area contributed by atoms with Gasteiger partial charge in [-0.05, 0) is 26.3 Å². The second kappa shape index (κ2) is 7.58. The van der Waals surface area contributed by atoms with Crippen LogP contribution in [0.5, 0.6) is 0 Å². The van der Waals surface area contributed by atoms with E-state index >= 15 is 0 Å². The summed E-state index contributed by atoms with van der Waals surface area (Å²) in [5.74, 6) is 0. The number of aromatic nitrogens is 2. The fraction of sp³-hybridized carbons (Fsp3) is 0.800. The van der Waals surface area contributed by atoms with E-state index < -0.39 is 0 Å². The molecular formula is C15H28ClN5. The highest BCUT2D eigenvalue weighted by molar-refractivity contribution is 5.85. The normalized spacial score (nSPS) is 24.4. The summed E-state index contributed by atoms with van der Waals surface area (Å²) in [6.07, 6.45) is 3.25. The molecule has 21 heavy (non-hydrogen) atoms. The number of halogens is 1. The van der Waals surface area contributed by atoms with E-state index in [0.29, 0.717) is 6.04 Å². The smallest absolute Gasteiger partial charge is 0.0527 e. The fourth-order valence-electron chi connectivity index (χ4n) is 3.46. The van der Waals surface area contributed by atoms with Crippen LogP contribution in [0.15, 0.2) is 12.3 Å². The summed E-state index contributed by atoms with van der Waals surface area (Å²) >= 11 is 0. The van der Waals surface area contributed by atoms with Crippen molar-refractivity contribution in [3.8, 4) is 0 Å². The first-order chi connectivity index (χ1) is 9.74. The van der Waals surface area contributed by atoms with Crippen molar-refractivity contribution in [1.82, 2.24) is 24.9 Å². The van der Waals surface area contributed by atoms with Gasteiger partial charge in [-0.15, -0.1) is 12.4 Å². The molecule has 3 heterocycles. The van der Waals surface area contributed by atoms with Crippen molar-refractivity contribution in [2.24, 2.45) is 0 Å². The number of rotatable bonds is 4. The maximum absolute atomic E-state index is 4.44. The van der Waals surface area contributed by atoms with Crippen LogP contribution in [-0.2, 0) is 6.54 Å². The van der Waals surface area contributed by atoms with Gasteiger partial charge in [0.25, 0.3) is 0 Å². The van der Waals surface area contributed by atoms with Gasteiger partial charge in [0.05, 0.1) is 5.69 Å². The van der Waals surface area contributed by atoms with Gasteiger partial charge in [0.2, 0.25) is 0 Å². The van der Waals surface area contributed by atoms with Crippen molar-refractivity contribution in [2.75, 3.05) is 39.3 Å². The van der Waals surface area contributed by atoms with E-state index in [1.807, 2.05) is 6.20 Å². The molecule has 0 radical (unpaired) electrons. The minimum Gasteiger partial charge on any atom is -0.314 e. The largest absolute Gasteiger partial charge is 0.314 e. The van der Waals surface area contributed by atoms with Gasteiger partial charge in [-0.1, -0.05) is 0 Å². The van der Waals surface area contributed by atoms with E-state index in [2.05, 4.69) is 44.8 Å². The molecule has 0 amide bonds. The highest BCUT2D eigenvalue weighted by atomic mass is 35.5. The zero-order chi connectivity index (χ0) is 13.9. The monoisotopic (exact) mass is 313 g/mol. The molecule has 5 nitrogen and oxygen atoms in total. The van der Waals surface area contributed by atoms with Crippen LogP contribution in [0.3, 0.4) is 0 Å². The fourth-order valence-corrected chi connectivity index (χ4v) is 3.46. The summed E-state index contributed by atoms with van der Waals surface area (Å²) in [7, 11) is 0. The molecular weight excluding hydrogens is 286 g/mol. The third-order valence-electron chi connectivity index (χ3n) is 4.54. The highest BCUT2D eigenvalue weighted by Crippen LogP contribution is 2.19. The van der Waals surface area contributed by atoms with E-state index in [9.17, 15) is 0 Å². The first-order valence-electron chi connectivity index (χ1n) is 7.93. The van der Waals surface area contributed by atoms with Gasteiger partial charge in [0.15, 0.2) is 0 Å². The Hall–Kier alpha value is -0.620. The van der Waals surface area contributed by atoms with E-state index in [1.165, 1.54) is 38.3 Å². The van der Waals surface area contributed by atoms with Crippen LogP contribution in [-0.4, -0.2) is 64.9 Å². The molecule has 3 rings (SSSR count). The topological polar surface area (TPSA) is 36.3 Å². The summed E-state index contributed by atoms with van der Waals surface area (Å²) in [5.41, 5.74) is 1.35. The Labute approximate surface area is 134 Å². The maximum Gasteiger partial charge on any atom is 0.0527 e. The number of hydrogen-bond acceptors (Lipinski definition) is 4. The van der Waals surface area contributed by atoms with E-state index in [-0.39, 0.29) is 12.4 Å². The number of nitrogens with one attached hydrogen (secondary N) is 1. The van der Waals surface area contributed by atoms with E-state index in [0.717, 1.165) is 25.7 Å². The Morgan fingerprint density at radius 3 is 2.76 bits per heavy atom. The molecule has 120 valence electrons. The minimum atomic E-state index is 0. The molecule has 2 aliphatic heterocycles. The summed E-state index contributed by atoms with van der Waals surface area (Å²) in [5, 5.41) is 7.88. The molecule has 1 N–H and O–H groups in total. The van der Waals surface area contributed by atoms with Crippen LogP contribution < -0.4 is 5.32 Å². The Balaban J connectivity index is 0.00000161. The summed E-state index contributed by atoms with van der Waals surface area (Å²) in [6.45, 7) is 12.6. The van der Waals surface area contributed by atoms with Crippen molar-refractivity contribution >= 4 is 12.4 Å². The zero-order valence-electron chi connectivity index (χ0n) is 13.2. The van der Waals surface area contributed by atoms with Gasteiger partial charge >= 0.3 is 0 Å². The van der Waals surface area contributed by atoms with Gasteiger partial charge in [-0.2, -0.15) is 5.10 Å². The predicted molar refractivity (Wildman–Crippen MR) is 88.0 cm³/mol. The van der Waals surface area contributed by atoms with Crippen LogP contribution in [0, 0.1) is 0 Å². The first-order valence-corrected chi connectivity index (χ1v) is 7.93.